The second kappa shape index (κ2) is 9.96. The molecule has 13 heteroatoms. The largest absolute Gasteiger partial charge is 0.480 e. The van der Waals surface area contributed by atoms with Crippen LogP contribution >= 0.6 is 22.6 Å². The number of hydrogen-bond acceptors (Lipinski definition) is 6. The van der Waals surface area contributed by atoms with E-state index in [-0.39, 0.29) is 14.4 Å². The second-order valence-corrected chi connectivity index (χ2v) is 8.48. The van der Waals surface area contributed by atoms with Crippen molar-refractivity contribution in [3.63, 3.8) is 0 Å². The number of rotatable bonds is 6. The molecule has 8 nitrogen and oxygen atoms in total. The van der Waals surface area contributed by atoms with Gasteiger partial charge in [-0.3, -0.25) is 14.8 Å². The molecule has 0 spiro atoms. The van der Waals surface area contributed by atoms with Gasteiger partial charge in [0.1, 0.15) is 21.7 Å². The van der Waals surface area contributed by atoms with Gasteiger partial charge >= 0.3 is 12.1 Å². The summed E-state index contributed by atoms with van der Waals surface area (Å²) >= 11 is 1.74. The zero-order chi connectivity index (χ0) is 22.4. The van der Waals surface area contributed by atoms with Crippen LogP contribution in [-0.4, -0.2) is 60.8 Å². The van der Waals surface area contributed by atoms with E-state index in [1.807, 2.05) is 0 Å². The fourth-order valence-electron chi connectivity index (χ4n) is 1.80. The number of allylic oxidation sites excluding steroid dienone is 1. The minimum Gasteiger partial charge on any atom is -0.480 e. The van der Waals surface area contributed by atoms with Gasteiger partial charge in [-0.15, -0.1) is 0 Å². The number of sulfone groups is 1. The molecule has 3 N–H and O–H groups in total. The number of carbonyl (C=O) groups is 1. The van der Waals surface area contributed by atoms with Crippen molar-refractivity contribution in [2.75, 3.05) is 19.8 Å². The van der Waals surface area contributed by atoms with E-state index in [9.17, 15) is 26.4 Å². The van der Waals surface area contributed by atoms with Crippen LogP contribution in [0.5, 0.6) is 0 Å². The van der Waals surface area contributed by atoms with Crippen LogP contribution in [0.3, 0.4) is 0 Å². The Morgan fingerprint density at radius 3 is 2.45 bits per heavy atom. The Kier molecular flexibility index (Phi) is 8.50. The molecule has 0 aliphatic rings. The van der Waals surface area contributed by atoms with Gasteiger partial charge in [-0.25, -0.2) is 13.4 Å². The number of benzene rings is 1. The fourth-order valence-corrected chi connectivity index (χ4v) is 3.03. The van der Waals surface area contributed by atoms with E-state index in [0.29, 0.717) is 11.6 Å². The van der Waals surface area contributed by atoms with Gasteiger partial charge in [-0.2, -0.15) is 13.2 Å². The van der Waals surface area contributed by atoms with Gasteiger partial charge in [-0.05, 0) is 40.8 Å². The summed E-state index contributed by atoms with van der Waals surface area (Å²) in [5.74, 6) is -1.69. The molecule has 0 radical (unpaired) electrons. The third kappa shape index (κ3) is 7.92. The van der Waals surface area contributed by atoms with Crippen molar-refractivity contribution < 1.29 is 31.5 Å². The van der Waals surface area contributed by atoms with Gasteiger partial charge in [0.25, 0.3) is 0 Å². The lowest BCUT2D eigenvalue weighted by atomic mass is 10.2. The molecule has 0 aliphatic heterocycles. The number of halogens is 4. The van der Waals surface area contributed by atoms with Crippen molar-refractivity contribution >= 4 is 53.7 Å². The lowest BCUT2D eigenvalue weighted by molar-refractivity contribution is -0.135. The first kappa shape index (κ1) is 24.7. The lowest BCUT2D eigenvalue weighted by Crippen LogP contribution is -2.23. The van der Waals surface area contributed by atoms with Gasteiger partial charge in [0.2, 0.25) is 0 Å². The summed E-state index contributed by atoms with van der Waals surface area (Å²) in [6.45, 7) is -0.828. The molecule has 1 aromatic rings. The molecule has 0 saturated heterocycles. The molecule has 0 fully saturated rings. The van der Waals surface area contributed by atoms with E-state index < -0.39 is 39.9 Å². The van der Waals surface area contributed by atoms with Crippen molar-refractivity contribution in [1.82, 2.24) is 0 Å². The van der Waals surface area contributed by atoms with Crippen LogP contribution in [0.25, 0.3) is 0 Å². The van der Waals surface area contributed by atoms with Gasteiger partial charge in [-0.1, -0.05) is 12.1 Å². The Bertz CT molecular complexity index is 1020. The zero-order valence-electron chi connectivity index (χ0n) is 15.1. The number of carboxylic acid groups (broad SMARTS) is 1. The van der Waals surface area contributed by atoms with Crippen LogP contribution in [0.4, 0.5) is 13.2 Å². The van der Waals surface area contributed by atoms with E-state index in [1.165, 1.54) is 25.2 Å². The normalized spacial score (nSPS) is 14.8. The van der Waals surface area contributed by atoms with Crippen molar-refractivity contribution in [3.8, 4) is 0 Å². The summed E-state index contributed by atoms with van der Waals surface area (Å²) in [5, 5.41) is 8.76. The molecular weight excluding hydrogens is 528 g/mol. The molecular formula is C16H16F3IN4O4S. The number of nitrogens with zero attached hydrogens (tertiary/aromatic N) is 3. The van der Waals surface area contributed by atoms with E-state index in [1.54, 1.807) is 28.7 Å². The van der Waals surface area contributed by atoms with Crippen LogP contribution in [0, 0.1) is 0 Å². The molecule has 158 valence electrons. The van der Waals surface area contributed by atoms with Gasteiger partial charge in [0.05, 0.1) is 4.90 Å². The number of amidine groups is 1. The maximum atomic E-state index is 12.8. The smallest absolute Gasteiger partial charge is 0.430 e. The van der Waals surface area contributed by atoms with Crippen molar-refractivity contribution in [3.05, 3.63) is 41.6 Å². The van der Waals surface area contributed by atoms with E-state index >= 15 is 0 Å². The summed E-state index contributed by atoms with van der Waals surface area (Å²) in [6.07, 6.45) is -3.40. The topological polar surface area (TPSA) is 135 Å². The third-order valence-electron chi connectivity index (χ3n) is 3.15. The predicted octanol–water partition coefficient (Wildman–Crippen LogP) is 2.23. The Hall–Kier alpha value is -2.29. The fraction of sp³-hybridized carbons (Fsp3) is 0.250. The number of hydrogen-bond donors (Lipinski definition) is 2. The van der Waals surface area contributed by atoms with Gasteiger partial charge < -0.3 is 10.8 Å². The highest BCUT2D eigenvalue weighted by Gasteiger charge is 2.32. The van der Waals surface area contributed by atoms with Crippen LogP contribution < -0.4 is 5.73 Å². The average molecular weight is 544 g/mol. The minimum absolute atomic E-state index is 0.0235. The number of aliphatic carboxylic acids is 1. The minimum atomic E-state index is -4.86. The molecule has 0 aliphatic carbocycles. The molecule has 1 rings (SSSR count). The SMILES string of the molecule is CN=C(N=C(I)c1cccc(S(C)(=O)=O)c1)C(C=C(N)C(F)(F)F)=NCC(=O)O. The number of carboxylic acids is 1. The quantitative estimate of drug-likeness (QED) is 0.322. The van der Waals surface area contributed by atoms with E-state index in [4.69, 9.17) is 10.8 Å². The van der Waals surface area contributed by atoms with Crippen molar-refractivity contribution in [2.24, 2.45) is 20.7 Å². The number of nitrogens with two attached hydrogens (primary N) is 1. The maximum absolute atomic E-state index is 12.8. The summed E-state index contributed by atoms with van der Waals surface area (Å²) in [4.78, 5) is 22.2. The lowest BCUT2D eigenvalue weighted by Gasteiger charge is -2.08. The van der Waals surface area contributed by atoms with E-state index in [0.717, 1.165) is 6.26 Å². The van der Waals surface area contributed by atoms with Crippen LogP contribution in [0.2, 0.25) is 0 Å². The first-order valence-electron chi connectivity index (χ1n) is 7.58. The molecule has 0 saturated carbocycles. The molecule has 0 heterocycles. The maximum Gasteiger partial charge on any atom is 0.430 e. The Morgan fingerprint density at radius 2 is 1.97 bits per heavy atom. The molecule has 0 unspecified atom stereocenters. The van der Waals surface area contributed by atoms with Crippen molar-refractivity contribution in [2.45, 2.75) is 11.1 Å². The highest BCUT2D eigenvalue weighted by Crippen LogP contribution is 2.21. The molecule has 0 aromatic heterocycles. The van der Waals surface area contributed by atoms with Crippen LogP contribution in [0.1, 0.15) is 5.56 Å². The van der Waals surface area contributed by atoms with E-state index in [2.05, 4.69) is 15.0 Å². The summed E-state index contributed by atoms with van der Waals surface area (Å²) in [5.41, 5.74) is 3.36. The zero-order valence-corrected chi connectivity index (χ0v) is 18.1. The van der Waals surface area contributed by atoms with Crippen LogP contribution in [-0.2, 0) is 14.6 Å². The number of alkyl halides is 3. The highest BCUT2D eigenvalue weighted by atomic mass is 127. The summed E-state index contributed by atoms with van der Waals surface area (Å²) in [7, 11) is -2.26. The molecule has 0 amide bonds. The van der Waals surface area contributed by atoms with Gasteiger partial charge in [0.15, 0.2) is 15.7 Å². The van der Waals surface area contributed by atoms with Crippen molar-refractivity contribution in [1.29, 1.82) is 0 Å². The monoisotopic (exact) mass is 544 g/mol. The average Bonchev–Trinajstić information content (AvgIpc) is 2.61. The number of aliphatic imine (C=N–C) groups is 3. The predicted molar refractivity (Wildman–Crippen MR) is 112 cm³/mol. The van der Waals surface area contributed by atoms with Gasteiger partial charge in [0, 0.05) is 18.9 Å². The summed E-state index contributed by atoms with van der Waals surface area (Å²) < 4.78 is 61.9. The Labute approximate surface area is 178 Å². The molecule has 29 heavy (non-hydrogen) atoms. The highest BCUT2D eigenvalue weighted by molar-refractivity contribution is 14.1. The second-order valence-electron chi connectivity index (χ2n) is 5.44. The van der Waals surface area contributed by atoms with Crippen LogP contribution in [0.15, 0.2) is 55.9 Å². The first-order valence-corrected chi connectivity index (χ1v) is 10.5. The first-order chi connectivity index (χ1) is 13.3. The summed E-state index contributed by atoms with van der Waals surface area (Å²) in [6, 6.07) is 5.73. The molecule has 0 bridgehead atoms. The Morgan fingerprint density at radius 1 is 1.34 bits per heavy atom. The molecule has 0 atom stereocenters. The molecule has 1 aromatic carbocycles. The Balaban J connectivity index is 3.46. The standard InChI is InChI=1S/C16H16F3IN4O4S/c1-22-15(11(23-8-13(25)26)7-12(21)16(17,18)19)24-14(20)9-4-3-5-10(6-9)29(2,27)28/h3-7H,8,21H2,1-2H3,(H,25,26). The third-order valence-corrected chi connectivity index (χ3v) is 5.12.